The molecule has 0 bridgehead atoms. The molecule has 2 atom stereocenters. The fraction of sp³-hybridized carbons (Fsp3) is 0.700. The summed E-state index contributed by atoms with van der Waals surface area (Å²) in [5.74, 6) is -2.25. The molecule has 1 N–H and O–H groups in total. The lowest BCUT2D eigenvalue weighted by Crippen LogP contribution is -2.19. The molecule has 1 aliphatic carbocycles. The third kappa shape index (κ3) is 3.04. The van der Waals surface area contributed by atoms with E-state index in [1.165, 1.54) is 7.11 Å². The van der Waals surface area contributed by atoms with Crippen molar-refractivity contribution in [2.45, 2.75) is 25.7 Å². The molecule has 0 aliphatic heterocycles. The Kier molecular flexibility index (Phi) is 3.82. The molecule has 0 aromatic carbocycles. The highest BCUT2D eigenvalue weighted by Crippen LogP contribution is 2.31. The van der Waals surface area contributed by atoms with Gasteiger partial charge >= 0.3 is 11.9 Å². The monoisotopic (exact) mass is 214 g/mol. The van der Waals surface area contributed by atoms with Gasteiger partial charge in [0.2, 0.25) is 0 Å². The zero-order valence-electron chi connectivity index (χ0n) is 8.56. The maximum absolute atomic E-state index is 11.6. The summed E-state index contributed by atoms with van der Waals surface area (Å²) in [5, 5.41) is 8.56. The Hall–Kier alpha value is -1.39. The molecule has 5 heteroatoms. The number of esters is 1. The number of carboxylic acid groups (broad SMARTS) is 1. The lowest BCUT2D eigenvalue weighted by molar-refractivity contribution is -0.144. The van der Waals surface area contributed by atoms with Gasteiger partial charge in [0, 0.05) is 11.8 Å². The van der Waals surface area contributed by atoms with E-state index in [-0.39, 0.29) is 24.5 Å². The summed E-state index contributed by atoms with van der Waals surface area (Å²) < 4.78 is 4.47. The second-order valence-corrected chi connectivity index (χ2v) is 3.75. The summed E-state index contributed by atoms with van der Waals surface area (Å²) in [6, 6.07) is 0. The Bertz CT molecular complexity index is 284. The minimum absolute atomic E-state index is 0.0749. The van der Waals surface area contributed by atoms with Gasteiger partial charge in [0.15, 0.2) is 0 Å². The van der Waals surface area contributed by atoms with Crippen molar-refractivity contribution in [1.82, 2.24) is 0 Å². The molecule has 1 fully saturated rings. The van der Waals surface area contributed by atoms with E-state index < -0.39 is 17.9 Å². The first-order valence-electron chi connectivity index (χ1n) is 4.87. The molecule has 1 saturated carbocycles. The van der Waals surface area contributed by atoms with E-state index in [1.54, 1.807) is 0 Å². The van der Waals surface area contributed by atoms with Crippen molar-refractivity contribution in [3.05, 3.63) is 0 Å². The molecule has 1 aliphatic rings. The fourth-order valence-electron chi connectivity index (χ4n) is 1.92. The molecule has 15 heavy (non-hydrogen) atoms. The molecule has 0 saturated heterocycles. The van der Waals surface area contributed by atoms with Gasteiger partial charge < -0.3 is 9.84 Å². The van der Waals surface area contributed by atoms with Crippen LogP contribution in [-0.2, 0) is 19.1 Å². The van der Waals surface area contributed by atoms with Crippen molar-refractivity contribution in [2.24, 2.45) is 11.8 Å². The van der Waals surface area contributed by atoms with Gasteiger partial charge in [0.1, 0.15) is 5.78 Å². The van der Waals surface area contributed by atoms with Gasteiger partial charge in [-0.1, -0.05) is 0 Å². The van der Waals surface area contributed by atoms with E-state index in [1.807, 2.05) is 0 Å². The van der Waals surface area contributed by atoms with Crippen LogP contribution in [0.4, 0.5) is 0 Å². The zero-order valence-corrected chi connectivity index (χ0v) is 8.56. The molecule has 1 rings (SSSR count). The van der Waals surface area contributed by atoms with Gasteiger partial charge in [-0.05, 0) is 12.8 Å². The highest BCUT2D eigenvalue weighted by molar-refractivity contribution is 5.91. The largest absolute Gasteiger partial charge is 0.481 e. The average Bonchev–Trinajstić information content (AvgIpc) is 2.49. The minimum atomic E-state index is -0.966. The third-order valence-electron chi connectivity index (χ3n) is 2.73. The number of hydrogen-bond donors (Lipinski definition) is 1. The molecule has 0 spiro atoms. The lowest BCUT2D eigenvalue weighted by Gasteiger charge is -2.07. The van der Waals surface area contributed by atoms with Crippen molar-refractivity contribution >= 4 is 17.7 Å². The number of Topliss-reactive ketones (excluding diaryl/α,β-unsaturated/α-hetero) is 1. The van der Waals surface area contributed by atoms with Crippen LogP contribution in [0.1, 0.15) is 25.7 Å². The quantitative estimate of drug-likeness (QED) is 0.694. The maximum atomic E-state index is 11.6. The number of rotatable bonds is 4. The number of carbonyl (C=O) groups excluding carboxylic acids is 2. The number of methoxy groups -OCH3 is 1. The standard InChI is InChI=1S/C10H14O5/c1-15-9(13)5-7-3-2-6(10(7)14)4-8(11)12/h6-7H,2-5H2,1H3,(H,11,12). The fourth-order valence-corrected chi connectivity index (χ4v) is 1.92. The first-order chi connectivity index (χ1) is 7.04. The average molecular weight is 214 g/mol. The summed E-state index contributed by atoms with van der Waals surface area (Å²) in [7, 11) is 1.27. The van der Waals surface area contributed by atoms with E-state index in [0.29, 0.717) is 12.8 Å². The minimum Gasteiger partial charge on any atom is -0.481 e. The van der Waals surface area contributed by atoms with Gasteiger partial charge in [-0.3, -0.25) is 14.4 Å². The van der Waals surface area contributed by atoms with Crippen molar-refractivity contribution < 1.29 is 24.2 Å². The highest BCUT2D eigenvalue weighted by Gasteiger charge is 2.36. The Labute approximate surface area is 87.4 Å². The van der Waals surface area contributed by atoms with E-state index in [9.17, 15) is 14.4 Å². The van der Waals surface area contributed by atoms with Gasteiger partial charge in [-0.25, -0.2) is 0 Å². The summed E-state index contributed by atoms with van der Waals surface area (Å²) in [4.78, 5) is 33.0. The Morgan fingerprint density at radius 1 is 1.33 bits per heavy atom. The number of carbonyl (C=O) groups is 3. The number of hydrogen-bond acceptors (Lipinski definition) is 4. The number of carboxylic acids is 1. The second-order valence-electron chi connectivity index (χ2n) is 3.75. The molecule has 0 heterocycles. The van der Waals surface area contributed by atoms with Crippen molar-refractivity contribution in [2.75, 3.05) is 7.11 Å². The van der Waals surface area contributed by atoms with Crippen molar-refractivity contribution in [1.29, 1.82) is 0 Å². The molecular formula is C10H14O5. The third-order valence-corrected chi connectivity index (χ3v) is 2.73. The molecule has 0 radical (unpaired) electrons. The van der Waals surface area contributed by atoms with Crippen LogP contribution < -0.4 is 0 Å². The van der Waals surface area contributed by atoms with Crippen LogP contribution in [-0.4, -0.2) is 29.9 Å². The van der Waals surface area contributed by atoms with E-state index >= 15 is 0 Å². The first kappa shape index (κ1) is 11.7. The molecule has 0 amide bonds. The van der Waals surface area contributed by atoms with E-state index in [4.69, 9.17) is 5.11 Å². The smallest absolute Gasteiger partial charge is 0.306 e. The van der Waals surface area contributed by atoms with Gasteiger partial charge in [0.25, 0.3) is 0 Å². The van der Waals surface area contributed by atoms with Crippen molar-refractivity contribution in [3.63, 3.8) is 0 Å². The predicted molar refractivity (Wildman–Crippen MR) is 50.1 cm³/mol. The molecule has 0 aromatic rings. The Morgan fingerprint density at radius 3 is 2.33 bits per heavy atom. The first-order valence-corrected chi connectivity index (χ1v) is 4.87. The lowest BCUT2D eigenvalue weighted by atomic mass is 9.98. The predicted octanol–water partition coefficient (Wildman–Crippen LogP) is 0.619. The normalized spacial score (nSPS) is 25.3. The number of ketones is 1. The van der Waals surface area contributed by atoms with Crippen LogP contribution in [0.5, 0.6) is 0 Å². The van der Waals surface area contributed by atoms with Gasteiger partial charge in [0.05, 0.1) is 20.0 Å². The van der Waals surface area contributed by atoms with E-state index in [0.717, 1.165) is 0 Å². The van der Waals surface area contributed by atoms with Crippen LogP contribution in [0.3, 0.4) is 0 Å². The zero-order chi connectivity index (χ0) is 11.4. The summed E-state index contributed by atoms with van der Waals surface area (Å²) >= 11 is 0. The molecule has 0 aromatic heterocycles. The number of ether oxygens (including phenoxy) is 1. The van der Waals surface area contributed by atoms with Crippen LogP contribution in [0.15, 0.2) is 0 Å². The van der Waals surface area contributed by atoms with Crippen LogP contribution in [0.2, 0.25) is 0 Å². The van der Waals surface area contributed by atoms with Crippen molar-refractivity contribution in [3.8, 4) is 0 Å². The van der Waals surface area contributed by atoms with Crippen LogP contribution >= 0.6 is 0 Å². The number of aliphatic carboxylic acids is 1. The van der Waals surface area contributed by atoms with E-state index in [2.05, 4.69) is 4.74 Å². The second kappa shape index (κ2) is 4.91. The Balaban J connectivity index is 2.49. The van der Waals surface area contributed by atoms with Gasteiger partial charge in [-0.15, -0.1) is 0 Å². The topological polar surface area (TPSA) is 80.7 Å². The van der Waals surface area contributed by atoms with Crippen LogP contribution in [0, 0.1) is 11.8 Å². The van der Waals surface area contributed by atoms with Gasteiger partial charge in [-0.2, -0.15) is 0 Å². The molecule has 84 valence electrons. The SMILES string of the molecule is COC(=O)CC1CCC(CC(=O)O)C1=O. The summed E-state index contributed by atoms with van der Waals surface area (Å²) in [6.45, 7) is 0. The van der Waals surface area contributed by atoms with Crippen LogP contribution in [0.25, 0.3) is 0 Å². The summed E-state index contributed by atoms with van der Waals surface area (Å²) in [6.07, 6.45) is 1.10. The molecule has 5 nitrogen and oxygen atoms in total. The maximum Gasteiger partial charge on any atom is 0.306 e. The summed E-state index contributed by atoms with van der Waals surface area (Å²) in [5.41, 5.74) is 0. The Morgan fingerprint density at radius 2 is 1.87 bits per heavy atom. The highest BCUT2D eigenvalue weighted by atomic mass is 16.5. The molecular weight excluding hydrogens is 200 g/mol. The molecule has 2 unspecified atom stereocenters.